The molecule has 2 heterocycles. The third-order valence-corrected chi connectivity index (χ3v) is 6.72. The van der Waals surface area contributed by atoms with Crippen molar-refractivity contribution >= 4 is 5.91 Å². The topological polar surface area (TPSA) is 43.8 Å². The van der Waals surface area contributed by atoms with Gasteiger partial charge in [0.25, 0.3) is 5.91 Å². The van der Waals surface area contributed by atoms with E-state index in [1.54, 1.807) is 0 Å². The van der Waals surface area contributed by atoms with Crippen LogP contribution >= 0.6 is 0 Å². The van der Waals surface area contributed by atoms with Gasteiger partial charge in [-0.1, -0.05) is 32.9 Å². The second-order valence-electron chi connectivity index (χ2n) is 9.17. The Bertz CT molecular complexity index is 634. The average Bonchev–Trinajstić information content (AvgIpc) is 3.08. The molecule has 0 aliphatic carbocycles. The molecular formula is C23H36N2O2. The number of likely N-dealkylation sites (tertiary alicyclic amines) is 2. The van der Waals surface area contributed by atoms with Crippen LogP contribution in [0.2, 0.25) is 0 Å². The Morgan fingerprint density at radius 3 is 2.33 bits per heavy atom. The Morgan fingerprint density at radius 2 is 1.70 bits per heavy atom. The fourth-order valence-corrected chi connectivity index (χ4v) is 4.35. The van der Waals surface area contributed by atoms with Gasteiger partial charge in [0.05, 0.1) is 5.60 Å². The van der Waals surface area contributed by atoms with Crippen molar-refractivity contribution in [3.63, 3.8) is 0 Å². The van der Waals surface area contributed by atoms with E-state index in [1.165, 1.54) is 18.4 Å². The molecule has 1 N–H and O–H groups in total. The van der Waals surface area contributed by atoms with Gasteiger partial charge in [-0.3, -0.25) is 4.79 Å². The number of carbonyl (C=O) groups excluding carboxylic acids is 1. The van der Waals surface area contributed by atoms with Crippen LogP contribution in [0.25, 0.3) is 0 Å². The SMILES string of the molecule is CCC(C)(C)c1ccc(C(=O)N2CCCC(O)(CN3CCCC3)CC2)cc1. The van der Waals surface area contributed by atoms with Crippen LogP contribution in [0.4, 0.5) is 0 Å². The molecule has 1 aromatic carbocycles. The molecule has 3 rings (SSSR count). The van der Waals surface area contributed by atoms with E-state index >= 15 is 0 Å². The van der Waals surface area contributed by atoms with Crippen molar-refractivity contribution in [1.82, 2.24) is 9.80 Å². The van der Waals surface area contributed by atoms with Crippen LogP contribution in [0.1, 0.15) is 75.2 Å². The van der Waals surface area contributed by atoms with E-state index < -0.39 is 5.60 Å². The zero-order valence-corrected chi connectivity index (χ0v) is 17.3. The maximum atomic E-state index is 13.0. The Hall–Kier alpha value is -1.39. The molecule has 27 heavy (non-hydrogen) atoms. The van der Waals surface area contributed by atoms with Crippen molar-refractivity contribution in [3.8, 4) is 0 Å². The van der Waals surface area contributed by atoms with Gasteiger partial charge in [-0.2, -0.15) is 0 Å². The van der Waals surface area contributed by atoms with Gasteiger partial charge in [0.2, 0.25) is 0 Å². The zero-order chi connectivity index (χ0) is 19.5. The van der Waals surface area contributed by atoms with E-state index in [0.29, 0.717) is 13.0 Å². The lowest BCUT2D eigenvalue weighted by molar-refractivity contribution is -0.00290. The fourth-order valence-electron chi connectivity index (χ4n) is 4.35. The fraction of sp³-hybridized carbons (Fsp3) is 0.696. The summed E-state index contributed by atoms with van der Waals surface area (Å²) >= 11 is 0. The molecule has 0 radical (unpaired) electrons. The van der Waals surface area contributed by atoms with Crippen LogP contribution in [0.15, 0.2) is 24.3 Å². The molecule has 0 aromatic heterocycles. The molecule has 4 heteroatoms. The van der Waals surface area contributed by atoms with Gasteiger partial charge in [-0.15, -0.1) is 0 Å². The first-order valence-corrected chi connectivity index (χ1v) is 10.7. The normalized spacial score (nSPS) is 24.8. The third kappa shape index (κ3) is 4.91. The highest BCUT2D eigenvalue weighted by molar-refractivity contribution is 5.94. The van der Waals surface area contributed by atoms with Crippen molar-refractivity contribution in [1.29, 1.82) is 0 Å². The number of carbonyl (C=O) groups is 1. The highest BCUT2D eigenvalue weighted by Crippen LogP contribution is 2.28. The molecule has 2 aliphatic heterocycles. The van der Waals surface area contributed by atoms with Gasteiger partial charge in [-0.25, -0.2) is 0 Å². The molecule has 2 aliphatic rings. The minimum absolute atomic E-state index is 0.0984. The number of benzene rings is 1. The van der Waals surface area contributed by atoms with Crippen molar-refractivity contribution in [2.75, 3.05) is 32.7 Å². The molecule has 2 saturated heterocycles. The summed E-state index contributed by atoms with van der Waals surface area (Å²) in [6, 6.07) is 8.13. The van der Waals surface area contributed by atoms with E-state index in [4.69, 9.17) is 0 Å². The number of aliphatic hydroxyl groups is 1. The summed E-state index contributed by atoms with van der Waals surface area (Å²) in [5.74, 6) is 0.0984. The summed E-state index contributed by atoms with van der Waals surface area (Å²) in [6.07, 6.45) is 5.89. The number of rotatable bonds is 5. The first-order chi connectivity index (χ1) is 12.8. The van der Waals surface area contributed by atoms with Crippen LogP contribution in [-0.2, 0) is 5.41 Å². The molecule has 1 amide bonds. The number of hydrogen-bond donors (Lipinski definition) is 1. The van der Waals surface area contributed by atoms with E-state index in [0.717, 1.165) is 51.0 Å². The maximum absolute atomic E-state index is 13.0. The Balaban J connectivity index is 1.62. The first kappa shape index (κ1) is 20.3. The zero-order valence-electron chi connectivity index (χ0n) is 17.3. The lowest BCUT2D eigenvalue weighted by Gasteiger charge is -2.31. The third-order valence-electron chi connectivity index (χ3n) is 6.72. The smallest absolute Gasteiger partial charge is 0.253 e. The standard InChI is InChI=1S/C23H36N2O2/c1-4-22(2,3)20-10-8-19(9-11-20)21(26)25-16-7-12-23(27,13-17-25)18-24-14-5-6-15-24/h8-11,27H,4-7,12-18H2,1-3H3. The van der Waals surface area contributed by atoms with Gasteiger partial charge in [0.1, 0.15) is 0 Å². The maximum Gasteiger partial charge on any atom is 0.253 e. The first-order valence-electron chi connectivity index (χ1n) is 10.7. The molecular weight excluding hydrogens is 336 g/mol. The molecule has 4 nitrogen and oxygen atoms in total. The van der Waals surface area contributed by atoms with Crippen molar-refractivity contribution in [2.45, 2.75) is 70.3 Å². The average molecular weight is 373 g/mol. The van der Waals surface area contributed by atoms with E-state index in [1.807, 2.05) is 17.0 Å². The second-order valence-corrected chi connectivity index (χ2v) is 9.17. The molecule has 1 unspecified atom stereocenters. The van der Waals surface area contributed by atoms with Crippen molar-refractivity contribution in [2.24, 2.45) is 0 Å². The number of β-amino-alcohol motifs (C(OH)–C–C–N with tert-alkyl or cyclic N) is 1. The van der Waals surface area contributed by atoms with Gasteiger partial charge in [0, 0.05) is 25.2 Å². The minimum Gasteiger partial charge on any atom is -0.388 e. The summed E-state index contributed by atoms with van der Waals surface area (Å²) in [4.78, 5) is 17.3. The largest absolute Gasteiger partial charge is 0.388 e. The number of amides is 1. The quantitative estimate of drug-likeness (QED) is 0.854. The second kappa shape index (κ2) is 8.32. The number of nitrogens with zero attached hydrogens (tertiary/aromatic N) is 2. The number of hydrogen-bond acceptors (Lipinski definition) is 3. The Morgan fingerprint density at radius 1 is 1.04 bits per heavy atom. The van der Waals surface area contributed by atoms with Gasteiger partial charge >= 0.3 is 0 Å². The summed E-state index contributed by atoms with van der Waals surface area (Å²) in [5, 5.41) is 11.1. The monoisotopic (exact) mass is 372 g/mol. The van der Waals surface area contributed by atoms with Crippen LogP contribution in [0.5, 0.6) is 0 Å². The van der Waals surface area contributed by atoms with E-state index in [-0.39, 0.29) is 11.3 Å². The van der Waals surface area contributed by atoms with Gasteiger partial charge in [0.15, 0.2) is 0 Å². The van der Waals surface area contributed by atoms with Gasteiger partial charge in [-0.05, 0) is 74.7 Å². The Kier molecular flexibility index (Phi) is 6.27. The molecule has 1 atom stereocenters. The minimum atomic E-state index is -0.644. The van der Waals surface area contributed by atoms with Gasteiger partial charge < -0.3 is 14.9 Å². The van der Waals surface area contributed by atoms with Crippen LogP contribution in [-0.4, -0.2) is 59.1 Å². The lowest BCUT2D eigenvalue weighted by Crippen LogP contribution is -2.43. The van der Waals surface area contributed by atoms with Crippen LogP contribution < -0.4 is 0 Å². The summed E-state index contributed by atoms with van der Waals surface area (Å²) in [7, 11) is 0. The predicted molar refractivity (Wildman–Crippen MR) is 110 cm³/mol. The molecule has 0 saturated carbocycles. The van der Waals surface area contributed by atoms with Crippen molar-refractivity contribution in [3.05, 3.63) is 35.4 Å². The summed E-state index contributed by atoms with van der Waals surface area (Å²) in [5.41, 5.74) is 1.53. The summed E-state index contributed by atoms with van der Waals surface area (Å²) in [6.45, 7) is 11.0. The van der Waals surface area contributed by atoms with E-state index in [9.17, 15) is 9.90 Å². The predicted octanol–water partition coefficient (Wildman–Crippen LogP) is 3.83. The lowest BCUT2D eigenvalue weighted by atomic mass is 9.82. The molecule has 0 bridgehead atoms. The molecule has 1 aromatic rings. The van der Waals surface area contributed by atoms with Crippen LogP contribution in [0.3, 0.4) is 0 Å². The van der Waals surface area contributed by atoms with Crippen molar-refractivity contribution < 1.29 is 9.90 Å². The summed E-state index contributed by atoms with van der Waals surface area (Å²) < 4.78 is 0. The highest BCUT2D eigenvalue weighted by atomic mass is 16.3. The van der Waals surface area contributed by atoms with E-state index in [2.05, 4.69) is 37.8 Å². The Labute approximate surface area is 164 Å². The molecule has 2 fully saturated rings. The highest BCUT2D eigenvalue weighted by Gasteiger charge is 2.34. The molecule has 150 valence electrons. The molecule has 0 spiro atoms. The van der Waals surface area contributed by atoms with Crippen LogP contribution in [0, 0.1) is 0 Å².